The summed E-state index contributed by atoms with van der Waals surface area (Å²) in [7, 11) is 0. The van der Waals surface area contributed by atoms with Crippen molar-refractivity contribution in [2.24, 2.45) is 11.1 Å². The van der Waals surface area contributed by atoms with Gasteiger partial charge in [0.25, 0.3) is 5.91 Å². The van der Waals surface area contributed by atoms with Gasteiger partial charge in [0, 0.05) is 26.1 Å². The van der Waals surface area contributed by atoms with Crippen LogP contribution in [0, 0.1) is 5.92 Å². The van der Waals surface area contributed by atoms with Crippen molar-refractivity contribution in [3.63, 3.8) is 0 Å². The summed E-state index contributed by atoms with van der Waals surface area (Å²) in [6.07, 6.45) is 6.14. The van der Waals surface area contributed by atoms with Crippen LogP contribution in [-0.2, 0) is 14.4 Å². The average molecular weight is 386 g/mol. The molecule has 2 atom stereocenters. The van der Waals surface area contributed by atoms with E-state index in [0.29, 0.717) is 19.5 Å². The molecule has 1 saturated heterocycles. The predicted molar refractivity (Wildman–Crippen MR) is 109 cm³/mol. The van der Waals surface area contributed by atoms with Crippen molar-refractivity contribution in [1.29, 1.82) is 0 Å². The van der Waals surface area contributed by atoms with Crippen LogP contribution in [0.2, 0.25) is 0 Å². The molecule has 2 amide bonds. The Balaban J connectivity index is 1.46. The predicted octanol–water partition coefficient (Wildman–Crippen LogP) is 3.11. The maximum absolute atomic E-state index is 12.9. The molecule has 0 spiro atoms. The van der Waals surface area contributed by atoms with Crippen LogP contribution in [0.5, 0.6) is 0 Å². The Morgan fingerprint density at radius 3 is 2.82 bits per heavy atom. The van der Waals surface area contributed by atoms with Crippen LogP contribution in [0.25, 0.3) is 0 Å². The Bertz CT molecular complexity index is 690. The first-order valence-corrected chi connectivity index (χ1v) is 10.5. The van der Waals surface area contributed by atoms with Crippen LogP contribution in [0.4, 0.5) is 0 Å². The average Bonchev–Trinajstić information content (AvgIpc) is 3.24. The third-order valence-electron chi connectivity index (χ3n) is 5.48. The standard InChI is InChI=1S/C22H31N3O3/c1-2-3-4-8-13-23-21(26)18-12-9-14-25(16-18)22(27)20-15-19(24-28-20)17-10-6-5-7-11-17/h5-7,10-11,18,20H,2-4,8-9,12-16H2,1H3,(H,23,26). The number of hydrogen-bond acceptors (Lipinski definition) is 4. The number of unbranched alkanes of at least 4 members (excludes halogenated alkanes) is 3. The van der Waals surface area contributed by atoms with E-state index in [4.69, 9.17) is 4.84 Å². The monoisotopic (exact) mass is 385 g/mol. The van der Waals surface area contributed by atoms with Crippen LogP contribution in [0.15, 0.2) is 35.5 Å². The lowest BCUT2D eigenvalue weighted by Crippen LogP contribution is -2.48. The second-order valence-corrected chi connectivity index (χ2v) is 7.68. The molecule has 0 saturated carbocycles. The fraction of sp³-hybridized carbons (Fsp3) is 0.591. The second kappa shape index (κ2) is 10.2. The van der Waals surface area contributed by atoms with Gasteiger partial charge in [-0.15, -0.1) is 0 Å². The minimum atomic E-state index is -0.578. The molecule has 1 aromatic rings. The highest BCUT2D eigenvalue weighted by molar-refractivity contribution is 6.04. The summed E-state index contributed by atoms with van der Waals surface area (Å²) in [6, 6.07) is 9.78. The lowest BCUT2D eigenvalue weighted by atomic mass is 9.96. The van der Waals surface area contributed by atoms with Gasteiger partial charge >= 0.3 is 0 Å². The Hall–Kier alpha value is -2.37. The van der Waals surface area contributed by atoms with Gasteiger partial charge in [-0.1, -0.05) is 61.7 Å². The summed E-state index contributed by atoms with van der Waals surface area (Å²) in [4.78, 5) is 32.5. The SMILES string of the molecule is CCCCCCNC(=O)C1CCCN(C(=O)C2CC(c3ccccc3)=NO2)C1. The molecule has 2 aliphatic heterocycles. The van der Waals surface area contributed by atoms with Crippen LogP contribution >= 0.6 is 0 Å². The Kier molecular flexibility index (Phi) is 7.46. The van der Waals surface area contributed by atoms with E-state index in [0.717, 1.165) is 43.5 Å². The zero-order valence-corrected chi connectivity index (χ0v) is 16.7. The van der Waals surface area contributed by atoms with Gasteiger partial charge in [-0.05, 0) is 24.8 Å². The normalized spacial score (nSPS) is 21.8. The smallest absolute Gasteiger partial charge is 0.266 e. The van der Waals surface area contributed by atoms with E-state index in [1.807, 2.05) is 30.3 Å². The number of amides is 2. The van der Waals surface area contributed by atoms with Gasteiger partial charge in [0.2, 0.25) is 12.0 Å². The number of rotatable bonds is 8. The largest absolute Gasteiger partial charge is 0.382 e. The van der Waals surface area contributed by atoms with E-state index in [1.54, 1.807) is 4.90 Å². The lowest BCUT2D eigenvalue weighted by molar-refractivity contribution is -0.145. The molecule has 1 aromatic carbocycles. The quantitative estimate of drug-likeness (QED) is 0.699. The van der Waals surface area contributed by atoms with Crippen molar-refractivity contribution in [3.8, 4) is 0 Å². The highest BCUT2D eigenvalue weighted by Crippen LogP contribution is 2.22. The number of piperidine rings is 1. The molecule has 0 bridgehead atoms. The molecule has 6 nitrogen and oxygen atoms in total. The number of carbonyl (C=O) groups is 2. The van der Waals surface area contributed by atoms with Gasteiger partial charge in [0.15, 0.2) is 0 Å². The molecule has 0 aromatic heterocycles. The third-order valence-corrected chi connectivity index (χ3v) is 5.48. The lowest BCUT2D eigenvalue weighted by Gasteiger charge is -2.33. The molecule has 1 fully saturated rings. The molecule has 0 aliphatic carbocycles. The van der Waals surface area contributed by atoms with Crippen molar-refractivity contribution >= 4 is 17.5 Å². The minimum Gasteiger partial charge on any atom is -0.382 e. The number of carbonyl (C=O) groups excluding carboxylic acids is 2. The first kappa shape index (κ1) is 20.4. The van der Waals surface area contributed by atoms with Crippen molar-refractivity contribution in [3.05, 3.63) is 35.9 Å². The van der Waals surface area contributed by atoms with Crippen LogP contribution in [-0.4, -0.2) is 48.2 Å². The Labute approximate surface area is 167 Å². The molecular weight excluding hydrogens is 354 g/mol. The fourth-order valence-corrected chi connectivity index (χ4v) is 3.81. The van der Waals surface area contributed by atoms with Crippen molar-refractivity contribution in [2.75, 3.05) is 19.6 Å². The van der Waals surface area contributed by atoms with E-state index in [-0.39, 0.29) is 17.7 Å². The Morgan fingerprint density at radius 2 is 2.04 bits per heavy atom. The van der Waals surface area contributed by atoms with Gasteiger partial charge in [-0.25, -0.2) is 0 Å². The summed E-state index contributed by atoms with van der Waals surface area (Å²) in [5, 5.41) is 7.15. The van der Waals surface area contributed by atoms with Crippen molar-refractivity contribution in [1.82, 2.24) is 10.2 Å². The fourth-order valence-electron chi connectivity index (χ4n) is 3.81. The van der Waals surface area contributed by atoms with Crippen LogP contribution in [0.3, 0.4) is 0 Å². The number of benzene rings is 1. The summed E-state index contributed by atoms with van der Waals surface area (Å²) >= 11 is 0. The summed E-state index contributed by atoms with van der Waals surface area (Å²) in [5.74, 6) is -0.113. The van der Waals surface area contributed by atoms with E-state index in [2.05, 4.69) is 17.4 Å². The van der Waals surface area contributed by atoms with Gasteiger partial charge in [0.05, 0.1) is 11.6 Å². The molecule has 1 N–H and O–H groups in total. The number of likely N-dealkylation sites (tertiary alicyclic amines) is 1. The van der Waals surface area contributed by atoms with Gasteiger partial charge in [-0.3, -0.25) is 9.59 Å². The topological polar surface area (TPSA) is 71.0 Å². The highest BCUT2D eigenvalue weighted by atomic mass is 16.6. The van der Waals surface area contributed by atoms with Crippen LogP contribution < -0.4 is 5.32 Å². The molecular formula is C22H31N3O3. The molecule has 6 heteroatoms. The van der Waals surface area contributed by atoms with E-state index >= 15 is 0 Å². The molecule has 2 heterocycles. The maximum Gasteiger partial charge on any atom is 0.266 e. The van der Waals surface area contributed by atoms with Gasteiger partial charge in [0.1, 0.15) is 0 Å². The Morgan fingerprint density at radius 1 is 1.21 bits per heavy atom. The van der Waals surface area contributed by atoms with E-state index in [9.17, 15) is 9.59 Å². The highest BCUT2D eigenvalue weighted by Gasteiger charge is 2.36. The van der Waals surface area contributed by atoms with Gasteiger partial charge in [-0.2, -0.15) is 0 Å². The minimum absolute atomic E-state index is 0.0601. The third kappa shape index (κ3) is 5.33. The summed E-state index contributed by atoms with van der Waals surface area (Å²) in [5.41, 5.74) is 1.79. The zero-order chi connectivity index (χ0) is 19.8. The van der Waals surface area contributed by atoms with Crippen molar-refractivity contribution < 1.29 is 14.4 Å². The van der Waals surface area contributed by atoms with E-state index in [1.165, 1.54) is 12.8 Å². The molecule has 2 aliphatic rings. The number of nitrogens with zero attached hydrogens (tertiary/aromatic N) is 2. The molecule has 3 rings (SSSR count). The summed E-state index contributed by atoms with van der Waals surface area (Å²) in [6.45, 7) is 4.05. The van der Waals surface area contributed by atoms with Crippen molar-refractivity contribution in [2.45, 2.75) is 58.0 Å². The zero-order valence-electron chi connectivity index (χ0n) is 16.7. The molecule has 28 heavy (non-hydrogen) atoms. The second-order valence-electron chi connectivity index (χ2n) is 7.68. The molecule has 2 unspecified atom stereocenters. The number of oxime groups is 1. The first-order chi connectivity index (χ1) is 13.7. The van der Waals surface area contributed by atoms with Gasteiger partial charge < -0.3 is 15.1 Å². The first-order valence-electron chi connectivity index (χ1n) is 10.5. The number of hydrogen-bond donors (Lipinski definition) is 1. The van der Waals surface area contributed by atoms with E-state index < -0.39 is 6.10 Å². The number of nitrogens with one attached hydrogen (secondary N) is 1. The van der Waals surface area contributed by atoms with Crippen LogP contribution in [0.1, 0.15) is 57.4 Å². The molecule has 152 valence electrons. The molecule has 0 radical (unpaired) electrons. The maximum atomic E-state index is 12.9. The summed E-state index contributed by atoms with van der Waals surface area (Å²) < 4.78 is 0.